The van der Waals surface area contributed by atoms with E-state index in [1.807, 2.05) is 31.2 Å². The first kappa shape index (κ1) is 21.9. The fourth-order valence-electron chi connectivity index (χ4n) is 4.48. The van der Waals surface area contributed by atoms with Gasteiger partial charge in [-0.15, -0.1) is 0 Å². The fourth-order valence-corrected chi connectivity index (χ4v) is 4.48. The standard InChI is InChI=1S/C25H31NO4/c1-4-17(3)14-25(5-2,15-23(27)28)26-24(29)30-16-22-20-12-8-6-10-18(20)19-11-7-9-13-21(19)22/h6-13,17,22H,4-5,14-16H2,1-3H3,(H,26,29)(H,27,28). The molecule has 1 amide bonds. The summed E-state index contributed by atoms with van der Waals surface area (Å²) in [6.45, 7) is 6.27. The van der Waals surface area contributed by atoms with Crippen molar-refractivity contribution in [2.24, 2.45) is 5.92 Å². The van der Waals surface area contributed by atoms with Crippen LogP contribution in [0.15, 0.2) is 48.5 Å². The van der Waals surface area contributed by atoms with E-state index in [-0.39, 0.29) is 18.9 Å². The predicted molar refractivity (Wildman–Crippen MR) is 118 cm³/mol. The lowest BCUT2D eigenvalue weighted by molar-refractivity contribution is -0.138. The molecule has 2 unspecified atom stereocenters. The molecule has 0 bridgehead atoms. The molecule has 2 aromatic rings. The molecule has 2 atom stereocenters. The molecule has 5 nitrogen and oxygen atoms in total. The highest BCUT2D eigenvalue weighted by Crippen LogP contribution is 2.44. The fraction of sp³-hybridized carbons (Fsp3) is 0.440. The molecule has 0 aromatic heterocycles. The zero-order chi connectivity index (χ0) is 21.7. The number of carbonyl (C=O) groups is 2. The number of rotatable bonds is 9. The van der Waals surface area contributed by atoms with Gasteiger partial charge in [0.05, 0.1) is 12.0 Å². The van der Waals surface area contributed by atoms with Crippen molar-refractivity contribution in [3.8, 4) is 11.1 Å². The lowest BCUT2D eigenvalue weighted by Crippen LogP contribution is -2.50. The van der Waals surface area contributed by atoms with Gasteiger partial charge in [-0.2, -0.15) is 0 Å². The van der Waals surface area contributed by atoms with Crippen LogP contribution in [0.2, 0.25) is 0 Å². The monoisotopic (exact) mass is 409 g/mol. The first-order valence-electron chi connectivity index (χ1n) is 10.7. The highest BCUT2D eigenvalue weighted by Gasteiger charge is 2.35. The third-order valence-electron chi connectivity index (χ3n) is 6.31. The Hall–Kier alpha value is -2.82. The normalized spacial score (nSPS) is 15.6. The van der Waals surface area contributed by atoms with E-state index in [9.17, 15) is 14.7 Å². The Kier molecular flexibility index (Phi) is 6.80. The smallest absolute Gasteiger partial charge is 0.407 e. The van der Waals surface area contributed by atoms with Crippen molar-refractivity contribution in [3.63, 3.8) is 0 Å². The number of hydrogen-bond acceptors (Lipinski definition) is 3. The summed E-state index contributed by atoms with van der Waals surface area (Å²) in [4.78, 5) is 24.2. The molecule has 0 fully saturated rings. The predicted octanol–water partition coefficient (Wildman–Crippen LogP) is 5.58. The molecule has 0 radical (unpaired) electrons. The second kappa shape index (κ2) is 9.33. The molecule has 0 spiro atoms. The van der Waals surface area contributed by atoms with Crippen LogP contribution < -0.4 is 5.32 Å². The molecule has 0 aliphatic heterocycles. The lowest BCUT2D eigenvalue weighted by Gasteiger charge is -2.34. The lowest BCUT2D eigenvalue weighted by atomic mass is 9.82. The summed E-state index contributed by atoms with van der Waals surface area (Å²) in [6, 6.07) is 16.4. The Morgan fingerprint density at radius 3 is 2.13 bits per heavy atom. The highest BCUT2D eigenvalue weighted by atomic mass is 16.5. The van der Waals surface area contributed by atoms with E-state index < -0.39 is 17.6 Å². The first-order valence-corrected chi connectivity index (χ1v) is 10.7. The molecule has 2 aromatic carbocycles. The van der Waals surface area contributed by atoms with Gasteiger partial charge in [0.25, 0.3) is 0 Å². The van der Waals surface area contributed by atoms with Crippen molar-refractivity contribution in [2.75, 3.05) is 6.61 Å². The molecular weight excluding hydrogens is 378 g/mol. The summed E-state index contributed by atoms with van der Waals surface area (Å²) in [5, 5.41) is 12.3. The van der Waals surface area contributed by atoms with Crippen LogP contribution in [-0.4, -0.2) is 29.3 Å². The van der Waals surface area contributed by atoms with E-state index in [0.717, 1.165) is 17.5 Å². The molecule has 1 aliphatic rings. The number of alkyl carbamates (subject to hydrolysis) is 1. The number of ether oxygens (including phenoxy) is 1. The average molecular weight is 410 g/mol. The third kappa shape index (κ3) is 4.66. The van der Waals surface area contributed by atoms with Crippen LogP contribution in [0.3, 0.4) is 0 Å². The van der Waals surface area contributed by atoms with Gasteiger partial charge in [-0.3, -0.25) is 4.79 Å². The van der Waals surface area contributed by atoms with Crippen LogP contribution in [0, 0.1) is 5.92 Å². The third-order valence-corrected chi connectivity index (χ3v) is 6.31. The summed E-state index contributed by atoms with van der Waals surface area (Å²) in [6.07, 6.45) is 1.40. The van der Waals surface area contributed by atoms with E-state index in [0.29, 0.717) is 18.8 Å². The number of benzene rings is 2. The average Bonchev–Trinajstić information content (AvgIpc) is 3.05. The van der Waals surface area contributed by atoms with Crippen molar-refractivity contribution in [2.45, 2.75) is 57.9 Å². The number of fused-ring (bicyclic) bond motifs is 3. The van der Waals surface area contributed by atoms with Gasteiger partial charge < -0.3 is 15.2 Å². The molecule has 0 saturated heterocycles. The van der Waals surface area contributed by atoms with Gasteiger partial charge in [0.1, 0.15) is 6.61 Å². The summed E-state index contributed by atoms with van der Waals surface area (Å²) in [5.74, 6) is -0.634. The zero-order valence-electron chi connectivity index (χ0n) is 18.0. The summed E-state index contributed by atoms with van der Waals surface area (Å²) in [5.41, 5.74) is 3.85. The van der Waals surface area contributed by atoms with E-state index in [1.54, 1.807) is 0 Å². The highest BCUT2D eigenvalue weighted by molar-refractivity contribution is 5.79. The van der Waals surface area contributed by atoms with Crippen LogP contribution >= 0.6 is 0 Å². The van der Waals surface area contributed by atoms with Crippen molar-refractivity contribution in [3.05, 3.63) is 59.7 Å². The maximum absolute atomic E-state index is 12.7. The first-order chi connectivity index (χ1) is 14.4. The van der Waals surface area contributed by atoms with Crippen LogP contribution in [0.5, 0.6) is 0 Å². The van der Waals surface area contributed by atoms with Gasteiger partial charge in [0, 0.05) is 5.92 Å². The number of amides is 1. The minimum absolute atomic E-state index is 0.0202. The molecule has 0 heterocycles. The summed E-state index contributed by atoms with van der Waals surface area (Å²) >= 11 is 0. The van der Waals surface area contributed by atoms with Gasteiger partial charge in [-0.1, -0.05) is 75.7 Å². The van der Waals surface area contributed by atoms with Crippen LogP contribution in [0.4, 0.5) is 4.79 Å². The minimum atomic E-state index is -0.917. The second-order valence-electron chi connectivity index (χ2n) is 8.37. The zero-order valence-corrected chi connectivity index (χ0v) is 18.0. The van der Waals surface area contributed by atoms with E-state index in [4.69, 9.17) is 4.74 Å². The SMILES string of the molecule is CCC(C)CC(CC)(CC(=O)O)NC(=O)OCC1c2ccccc2-c2ccccc21. The topological polar surface area (TPSA) is 75.6 Å². The van der Waals surface area contributed by atoms with E-state index in [1.165, 1.54) is 11.1 Å². The van der Waals surface area contributed by atoms with E-state index >= 15 is 0 Å². The van der Waals surface area contributed by atoms with Gasteiger partial charge in [0.2, 0.25) is 0 Å². The Labute approximate surface area is 178 Å². The number of carboxylic acid groups (broad SMARTS) is 1. The number of aliphatic carboxylic acids is 1. The molecule has 2 N–H and O–H groups in total. The Balaban J connectivity index is 1.73. The summed E-state index contributed by atoms with van der Waals surface area (Å²) in [7, 11) is 0. The molecule has 30 heavy (non-hydrogen) atoms. The van der Waals surface area contributed by atoms with Crippen LogP contribution in [0.25, 0.3) is 11.1 Å². The van der Waals surface area contributed by atoms with Gasteiger partial charge in [-0.05, 0) is 41.0 Å². The van der Waals surface area contributed by atoms with Gasteiger partial charge in [-0.25, -0.2) is 4.79 Å². The Morgan fingerprint density at radius 1 is 1.07 bits per heavy atom. The molecule has 5 heteroatoms. The maximum Gasteiger partial charge on any atom is 0.407 e. The quantitative estimate of drug-likeness (QED) is 0.566. The van der Waals surface area contributed by atoms with Crippen molar-refractivity contribution < 1.29 is 19.4 Å². The molecule has 160 valence electrons. The molecule has 0 saturated carbocycles. The minimum Gasteiger partial charge on any atom is -0.481 e. The van der Waals surface area contributed by atoms with Gasteiger partial charge in [0.15, 0.2) is 0 Å². The van der Waals surface area contributed by atoms with Gasteiger partial charge >= 0.3 is 12.1 Å². The number of hydrogen-bond donors (Lipinski definition) is 2. The molecule has 1 aliphatic carbocycles. The van der Waals surface area contributed by atoms with Crippen molar-refractivity contribution in [1.82, 2.24) is 5.32 Å². The van der Waals surface area contributed by atoms with Crippen LogP contribution in [0.1, 0.15) is 63.5 Å². The van der Waals surface area contributed by atoms with E-state index in [2.05, 4.69) is 43.4 Å². The molecule has 3 rings (SSSR count). The Bertz CT molecular complexity index is 864. The van der Waals surface area contributed by atoms with Crippen molar-refractivity contribution in [1.29, 1.82) is 0 Å². The molecular formula is C25H31NO4. The van der Waals surface area contributed by atoms with Crippen LogP contribution in [-0.2, 0) is 9.53 Å². The number of nitrogens with one attached hydrogen (secondary N) is 1. The number of carboxylic acids is 1. The Morgan fingerprint density at radius 2 is 1.63 bits per heavy atom. The van der Waals surface area contributed by atoms with Crippen molar-refractivity contribution >= 4 is 12.1 Å². The maximum atomic E-state index is 12.7. The largest absolute Gasteiger partial charge is 0.481 e. The summed E-state index contributed by atoms with van der Waals surface area (Å²) < 4.78 is 5.65. The number of carbonyl (C=O) groups excluding carboxylic acids is 1. The second-order valence-corrected chi connectivity index (χ2v) is 8.37.